The Morgan fingerprint density at radius 2 is 2.03 bits per heavy atom. The van der Waals surface area contributed by atoms with E-state index >= 15 is 0 Å². The number of β-amino-alcohol motifs (C(OH)–C–C–N with tert-alkyl or cyclic N) is 1. The van der Waals surface area contributed by atoms with E-state index in [1.165, 1.54) is 0 Å². The molecule has 0 saturated carbocycles. The second kappa shape index (κ2) is 9.41. The van der Waals surface area contributed by atoms with Gasteiger partial charge in [0.1, 0.15) is 5.54 Å². The molecule has 2 saturated heterocycles. The molecule has 7 heteroatoms. The predicted molar refractivity (Wildman–Crippen MR) is 110 cm³/mol. The number of hydrogen-bond acceptors (Lipinski definition) is 4. The minimum atomic E-state index is -1.02. The molecule has 0 aliphatic carbocycles. The molecule has 7 nitrogen and oxygen atoms in total. The van der Waals surface area contributed by atoms with Gasteiger partial charge in [-0.15, -0.1) is 6.58 Å². The van der Waals surface area contributed by atoms with Crippen LogP contribution in [0.1, 0.15) is 37.3 Å². The Balaban J connectivity index is 2.09. The molecule has 3 N–H and O–H groups in total. The number of amides is 3. The van der Waals surface area contributed by atoms with E-state index in [4.69, 9.17) is 0 Å². The third-order valence-electron chi connectivity index (χ3n) is 6.10. The second-order valence-electron chi connectivity index (χ2n) is 7.85. The van der Waals surface area contributed by atoms with Crippen molar-refractivity contribution >= 4 is 11.9 Å². The molecule has 3 atom stereocenters. The summed E-state index contributed by atoms with van der Waals surface area (Å²) in [4.78, 5) is 30.3. The lowest BCUT2D eigenvalue weighted by atomic mass is 9.86. The van der Waals surface area contributed by atoms with Crippen LogP contribution in [0.2, 0.25) is 0 Å². The van der Waals surface area contributed by atoms with Crippen LogP contribution < -0.4 is 5.32 Å². The molecule has 1 aromatic carbocycles. The number of nitrogens with one attached hydrogen (secondary N) is 1. The van der Waals surface area contributed by atoms with Gasteiger partial charge in [0.05, 0.1) is 12.6 Å². The van der Waals surface area contributed by atoms with E-state index < -0.39 is 11.6 Å². The van der Waals surface area contributed by atoms with E-state index in [0.29, 0.717) is 25.9 Å². The fourth-order valence-corrected chi connectivity index (χ4v) is 4.89. The van der Waals surface area contributed by atoms with Gasteiger partial charge in [-0.1, -0.05) is 36.4 Å². The van der Waals surface area contributed by atoms with Crippen molar-refractivity contribution in [2.24, 2.45) is 5.92 Å². The Bertz CT molecular complexity index is 726. The number of rotatable bonds is 6. The molecule has 1 spiro atoms. The van der Waals surface area contributed by atoms with Crippen molar-refractivity contribution in [3.8, 4) is 0 Å². The Morgan fingerprint density at radius 1 is 1.28 bits per heavy atom. The number of aliphatic hydroxyl groups excluding tert-OH is 2. The molecule has 0 radical (unpaired) electrons. The normalized spacial score (nSPS) is 27.2. The molecule has 0 bridgehead atoms. The van der Waals surface area contributed by atoms with E-state index in [1.54, 1.807) is 15.9 Å². The average molecular weight is 402 g/mol. The Labute approximate surface area is 172 Å². The van der Waals surface area contributed by atoms with Crippen molar-refractivity contribution < 1.29 is 19.8 Å². The van der Waals surface area contributed by atoms with Crippen LogP contribution in [0.15, 0.2) is 43.0 Å². The first kappa shape index (κ1) is 21.3. The van der Waals surface area contributed by atoms with E-state index in [2.05, 4.69) is 11.9 Å². The summed E-state index contributed by atoms with van der Waals surface area (Å²) in [7, 11) is 0. The van der Waals surface area contributed by atoms with E-state index in [0.717, 1.165) is 18.4 Å². The number of carbonyl (C=O) groups excluding carboxylic acids is 2. The summed E-state index contributed by atoms with van der Waals surface area (Å²) in [5.74, 6) is -0.375. The van der Waals surface area contributed by atoms with Crippen LogP contribution in [0.3, 0.4) is 0 Å². The fraction of sp³-hybridized carbons (Fsp3) is 0.545. The van der Waals surface area contributed by atoms with Crippen LogP contribution in [0.4, 0.5) is 4.79 Å². The molecule has 3 amide bonds. The van der Waals surface area contributed by atoms with Gasteiger partial charge >= 0.3 is 6.03 Å². The molecular weight excluding hydrogens is 370 g/mol. The van der Waals surface area contributed by atoms with Crippen molar-refractivity contribution in [3.63, 3.8) is 0 Å². The first-order valence-corrected chi connectivity index (χ1v) is 10.3. The highest BCUT2D eigenvalue weighted by atomic mass is 16.3. The highest BCUT2D eigenvalue weighted by molar-refractivity contribution is 5.92. The minimum Gasteiger partial charge on any atom is -0.396 e. The molecule has 0 unspecified atom stereocenters. The monoisotopic (exact) mass is 401 g/mol. The van der Waals surface area contributed by atoms with Gasteiger partial charge in [0, 0.05) is 32.2 Å². The van der Waals surface area contributed by atoms with Gasteiger partial charge in [-0.3, -0.25) is 4.79 Å². The summed E-state index contributed by atoms with van der Waals surface area (Å²) < 4.78 is 0. The lowest BCUT2D eigenvalue weighted by Crippen LogP contribution is -2.60. The standard InChI is InChI=1S/C22H31N3O4/c1-2-11-23-21(29)25-19(17-8-4-3-5-9-17)18(16-27)15-22(25)10-6-7-12-24(13-14-26)20(22)28/h2-5,8-9,18-19,26-27H,1,6-7,10-16H2,(H,23,29)/t18-,19+,22+/m1/s1. The molecule has 2 fully saturated rings. The Morgan fingerprint density at radius 3 is 2.69 bits per heavy atom. The molecule has 2 aliphatic rings. The molecule has 3 rings (SSSR count). The Hall–Kier alpha value is -2.38. The molecule has 2 heterocycles. The van der Waals surface area contributed by atoms with Crippen LogP contribution in [-0.2, 0) is 4.79 Å². The molecule has 1 aromatic rings. The SMILES string of the molecule is C=CCNC(=O)N1[C@@H](c2ccccc2)[C@@H](CO)C[C@]12CCCCN(CCO)C2=O. The summed E-state index contributed by atoms with van der Waals surface area (Å²) >= 11 is 0. The van der Waals surface area contributed by atoms with Crippen LogP contribution in [-0.4, -0.2) is 70.3 Å². The van der Waals surface area contributed by atoms with Crippen LogP contribution in [0, 0.1) is 5.92 Å². The summed E-state index contributed by atoms with van der Waals surface area (Å²) in [6.07, 6.45) is 4.20. The molecule has 29 heavy (non-hydrogen) atoms. The van der Waals surface area contributed by atoms with Crippen molar-refractivity contribution in [3.05, 3.63) is 48.6 Å². The highest BCUT2D eigenvalue weighted by Gasteiger charge is 2.59. The topological polar surface area (TPSA) is 93.1 Å². The second-order valence-corrected chi connectivity index (χ2v) is 7.85. The van der Waals surface area contributed by atoms with E-state index in [9.17, 15) is 19.8 Å². The van der Waals surface area contributed by atoms with Crippen molar-refractivity contribution in [2.45, 2.75) is 37.3 Å². The lowest BCUT2D eigenvalue weighted by Gasteiger charge is -2.41. The maximum absolute atomic E-state index is 13.7. The maximum Gasteiger partial charge on any atom is 0.319 e. The fourth-order valence-electron chi connectivity index (χ4n) is 4.89. The van der Waals surface area contributed by atoms with Gasteiger partial charge in [0.2, 0.25) is 5.91 Å². The zero-order valence-corrected chi connectivity index (χ0v) is 16.8. The third kappa shape index (κ3) is 4.02. The zero-order valence-electron chi connectivity index (χ0n) is 16.8. The van der Waals surface area contributed by atoms with E-state index in [1.807, 2.05) is 30.3 Å². The number of likely N-dealkylation sites (tertiary alicyclic amines) is 2. The molecule has 0 aromatic heterocycles. The number of nitrogens with zero attached hydrogens (tertiary/aromatic N) is 2. The van der Waals surface area contributed by atoms with Gasteiger partial charge in [0.25, 0.3) is 0 Å². The molecular formula is C22H31N3O4. The first-order valence-electron chi connectivity index (χ1n) is 10.3. The lowest BCUT2D eigenvalue weighted by molar-refractivity contribution is -0.142. The van der Waals surface area contributed by atoms with Crippen LogP contribution in [0.25, 0.3) is 0 Å². The minimum absolute atomic E-state index is 0.111. The van der Waals surface area contributed by atoms with Crippen molar-refractivity contribution in [2.75, 3.05) is 32.8 Å². The average Bonchev–Trinajstić information content (AvgIpc) is 3.01. The first-order chi connectivity index (χ1) is 14.1. The maximum atomic E-state index is 13.7. The number of benzene rings is 1. The highest BCUT2D eigenvalue weighted by Crippen LogP contribution is 2.50. The zero-order chi connectivity index (χ0) is 20.9. The Kier molecular flexibility index (Phi) is 6.92. The number of urea groups is 1. The van der Waals surface area contributed by atoms with Crippen LogP contribution >= 0.6 is 0 Å². The third-order valence-corrected chi connectivity index (χ3v) is 6.10. The largest absolute Gasteiger partial charge is 0.396 e. The summed E-state index contributed by atoms with van der Waals surface area (Å²) in [5, 5.41) is 22.5. The van der Waals surface area contributed by atoms with E-state index in [-0.39, 0.29) is 37.6 Å². The summed E-state index contributed by atoms with van der Waals surface area (Å²) in [5.41, 5.74) is -0.117. The van der Waals surface area contributed by atoms with Gasteiger partial charge < -0.3 is 25.3 Å². The number of aliphatic hydroxyl groups is 2. The van der Waals surface area contributed by atoms with Gasteiger partial charge in [0.15, 0.2) is 0 Å². The predicted octanol–water partition coefficient (Wildman–Crippen LogP) is 1.68. The number of hydrogen-bond donors (Lipinski definition) is 3. The number of carbonyl (C=O) groups is 2. The van der Waals surface area contributed by atoms with Crippen molar-refractivity contribution in [1.82, 2.24) is 15.1 Å². The summed E-state index contributed by atoms with van der Waals surface area (Å²) in [6, 6.07) is 8.87. The quantitative estimate of drug-likeness (QED) is 0.633. The van der Waals surface area contributed by atoms with Gasteiger partial charge in [-0.25, -0.2) is 4.79 Å². The van der Waals surface area contributed by atoms with Gasteiger partial charge in [-0.2, -0.15) is 0 Å². The molecule has 158 valence electrons. The summed E-state index contributed by atoms with van der Waals surface area (Å²) in [6.45, 7) is 4.56. The van der Waals surface area contributed by atoms with Crippen LogP contribution in [0.5, 0.6) is 0 Å². The van der Waals surface area contributed by atoms with Crippen molar-refractivity contribution in [1.29, 1.82) is 0 Å². The smallest absolute Gasteiger partial charge is 0.319 e. The molecule has 2 aliphatic heterocycles. The van der Waals surface area contributed by atoms with Gasteiger partial charge in [-0.05, 0) is 31.2 Å².